The van der Waals surface area contributed by atoms with Crippen molar-refractivity contribution in [2.75, 3.05) is 24.5 Å². The summed E-state index contributed by atoms with van der Waals surface area (Å²) in [5.74, 6) is 1.29. The molecule has 1 aromatic rings. The topological polar surface area (TPSA) is 69.3 Å². The van der Waals surface area contributed by atoms with Crippen LogP contribution in [0.25, 0.3) is 6.08 Å². The zero-order chi connectivity index (χ0) is 26.2. The molecule has 0 bridgehead atoms. The first-order valence-electron chi connectivity index (χ1n) is 13.5. The summed E-state index contributed by atoms with van der Waals surface area (Å²) in [6.45, 7) is 11.2. The minimum atomic E-state index is -0.238. The van der Waals surface area contributed by atoms with E-state index in [1.165, 1.54) is 37.4 Å². The summed E-state index contributed by atoms with van der Waals surface area (Å²) in [5.41, 5.74) is 1.36. The van der Waals surface area contributed by atoms with Gasteiger partial charge >= 0.3 is 0 Å². The van der Waals surface area contributed by atoms with Crippen molar-refractivity contribution < 1.29 is 4.79 Å². The number of nitriles is 1. The quantitative estimate of drug-likeness (QED) is 0.192. The lowest BCUT2D eigenvalue weighted by atomic mass is 9.98. The van der Waals surface area contributed by atoms with Crippen LogP contribution in [0.5, 0.6) is 0 Å². The SMILES string of the molecule is CCCCCCCCN1C(=O)/C(=C\c2c(C)c(C#N)c(=O)n(CCC)c2N2CCCC(C)C2)SC1=S. The second-order valence-corrected chi connectivity index (χ2v) is 11.8. The number of thioether (sulfide) groups is 1. The largest absolute Gasteiger partial charge is 0.357 e. The predicted octanol–water partition coefficient (Wildman–Crippen LogP) is 6.24. The van der Waals surface area contributed by atoms with E-state index in [1.807, 2.05) is 19.9 Å². The van der Waals surface area contributed by atoms with Gasteiger partial charge in [0.2, 0.25) is 0 Å². The van der Waals surface area contributed by atoms with Crippen molar-refractivity contribution in [3.05, 3.63) is 31.9 Å². The lowest BCUT2D eigenvalue weighted by molar-refractivity contribution is -0.122. The fourth-order valence-electron chi connectivity index (χ4n) is 5.17. The third kappa shape index (κ3) is 6.41. The average Bonchev–Trinajstić information content (AvgIpc) is 3.12. The van der Waals surface area contributed by atoms with Crippen LogP contribution in [-0.4, -0.2) is 39.3 Å². The Morgan fingerprint density at radius 3 is 2.50 bits per heavy atom. The van der Waals surface area contributed by atoms with Crippen LogP contribution in [0.4, 0.5) is 5.82 Å². The molecule has 1 aromatic heterocycles. The number of carbonyl (C=O) groups excluding carboxylic acids is 1. The molecule has 0 aromatic carbocycles. The molecule has 2 aliphatic rings. The molecule has 196 valence electrons. The fraction of sp³-hybridized carbons (Fsp3) is 0.643. The van der Waals surface area contributed by atoms with E-state index in [1.54, 1.807) is 9.47 Å². The van der Waals surface area contributed by atoms with Gasteiger partial charge < -0.3 is 4.90 Å². The number of anilines is 1. The van der Waals surface area contributed by atoms with Gasteiger partial charge in [-0.05, 0) is 50.2 Å². The van der Waals surface area contributed by atoms with Crippen molar-refractivity contribution in [3.63, 3.8) is 0 Å². The highest BCUT2D eigenvalue weighted by Crippen LogP contribution is 2.37. The van der Waals surface area contributed by atoms with E-state index in [4.69, 9.17) is 12.2 Å². The molecule has 3 heterocycles. The van der Waals surface area contributed by atoms with Gasteiger partial charge in [0, 0.05) is 31.7 Å². The van der Waals surface area contributed by atoms with E-state index in [9.17, 15) is 14.9 Å². The number of piperidine rings is 1. The summed E-state index contributed by atoms with van der Waals surface area (Å²) < 4.78 is 2.35. The number of thiocarbonyl (C=S) groups is 1. The number of pyridine rings is 1. The van der Waals surface area contributed by atoms with Crippen LogP contribution in [0.3, 0.4) is 0 Å². The number of hydrogen-bond donors (Lipinski definition) is 0. The van der Waals surface area contributed by atoms with Crippen LogP contribution < -0.4 is 10.5 Å². The number of amides is 1. The predicted molar refractivity (Wildman–Crippen MR) is 154 cm³/mol. The summed E-state index contributed by atoms with van der Waals surface area (Å²) >= 11 is 6.91. The van der Waals surface area contributed by atoms with Gasteiger partial charge in [0.25, 0.3) is 11.5 Å². The van der Waals surface area contributed by atoms with Crippen LogP contribution in [0.1, 0.15) is 95.2 Å². The smallest absolute Gasteiger partial charge is 0.270 e. The molecule has 36 heavy (non-hydrogen) atoms. The summed E-state index contributed by atoms with van der Waals surface area (Å²) in [4.78, 5) is 31.3. The van der Waals surface area contributed by atoms with Gasteiger partial charge in [-0.1, -0.05) is 76.9 Å². The molecular formula is C28H40N4O2S2. The Bertz CT molecular complexity index is 1100. The van der Waals surface area contributed by atoms with Crippen molar-refractivity contribution in [2.45, 2.75) is 92.0 Å². The Morgan fingerprint density at radius 1 is 1.11 bits per heavy atom. The highest BCUT2D eigenvalue weighted by atomic mass is 32.2. The van der Waals surface area contributed by atoms with E-state index in [2.05, 4.69) is 24.8 Å². The van der Waals surface area contributed by atoms with E-state index in [0.29, 0.717) is 33.8 Å². The second kappa shape index (κ2) is 13.4. The number of hydrogen-bond acceptors (Lipinski definition) is 6. The molecule has 3 rings (SSSR count). The number of nitrogens with zero attached hydrogens (tertiary/aromatic N) is 4. The Hall–Kier alpha value is -2.11. The summed E-state index contributed by atoms with van der Waals surface area (Å²) in [7, 11) is 0. The van der Waals surface area contributed by atoms with E-state index < -0.39 is 0 Å². The van der Waals surface area contributed by atoms with Gasteiger partial charge in [0.1, 0.15) is 21.8 Å². The molecule has 1 unspecified atom stereocenters. The third-order valence-electron chi connectivity index (χ3n) is 7.13. The molecule has 2 fully saturated rings. The molecule has 0 saturated carbocycles. The van der Waals surface area contributed by atoms with Gasteiger partial charge in [-0.15, -0.1) is 0 Å². The molecule has 2 aliphatic heterocycles. The van der Waals surface area contributed by atoms with Crippen LogP contribution in [0.2, 0.25) is 0 Å². The Morgan fingerprint density at radius 2 is 1.83 bits per heavy atom. The molecule has 0 spiro atoms. The zero-order valence-corrected chi connectivity index (χ0v) is 23.9. The van der Waals surface area contributed by atoms with E-state index >= 15 is 0 Å². The Balaban J connectivity index is 1.98. The molecule has 6 nitrogen and oxygen atoms in total. The van der Waals surface area contributed by atoms with Crippen molar-refractivity contribution in [3.8, 4) is 6.07 Å². The van der Waals surface area contributed by atoms with E-state index in [-0.39, 0.29) is 17.0 Å². The summed E-state index contributed by atoms with van der Waals surface area (Å²) in [5, 5.41) is 9.83. The first-order chi connectivity index (χ1) is 17.3. The number of carbonyl (C=O) groups is 1. The first kappa shape index (κ1) is 28.5. The van der Waals surface area contributed by atoms with Crippen molar-refractivity contribution in [2.24, 2.45) is 5.92 Å². The molecule has 8 heteroatoms. The maximum absolute atomic E-state index is 13.4. The number of rotatable bonds is 11. The minimum Gasteiger partial charge on any atom is -0.357 e. The summed E-state index contributed by atoms with van der Waals surface area (Å²) in [6.07, 6.45) is 11.8. The van der Waals surface area contributed by atoms with Crippen LogP contribution >= 0.6 is 24.0 Å². The van der Waals surface area contributed by atoms with Crippen molar-refractivity contribution in [1.29, 1.82) is 5.26 Å². The average molecular weight is 529 g/mol. The molecular weight excluding hydrogens is 488 g/mol. The minimum absolute atomic E-state index is 0.0670. The lowest BCUT2D eigenvalue weighted by Gasteiger charge is -2.36. The Kier molecular flexibility index (Phi) is 10.6. The highest BCUT2D eigenvalue weighted by Gasteiger charge is 2.33. The van der Waals surface area contributed by atoms with Crippen LogP contribution in [-0.2, 0) is 11.3 Å². The summed E-state index contributed by atoms with van der Waals surface area (Å²) in [6, 6.07) is 2.14. The molecule has 2 saturated heterocycles. The molecule has 0 N–H and O–H groups in total. The standard InChI is InChI=1S/C28H40N4O2S2/c1-5-7-8-9-10-11-16-32-27(34)24(36-28(32)35)17-22-21(4)23(18-29)26(33)31(14-6-2)25(22)30-15-12-13-20(3)19-30/h17,20H,5-16,19H2,1-4H3/b24-17+. The van der Waals surface area contributed by atoms with E-state index in [0.717, 1.165) is 56.6 Å². The van der Waals surface area contributed by atoms with Gasteiger partial charge in [0.05, 0.1) is 4.91 Å². The highest BCUT2D eigenvalue weighted by molar-refractivity contribution is 8.26. The van der Waals surface area contributed by atoms with Crippen LogP contribution in [0, 0.1) is 24.2 Å². The van der Waals surface area contributed by atoms with Crippen LogP contribution in [0.15, 0.2) is 9.70 Å². The number of aromatic nitrogens is 1. The third-order valence-corrected chi connectivity index (χ3v) is 8.51. The van der Waals surface area contributed by atoms with Gasteiger partial charge in [0.15, 0.2) is 0 Å². The molecule has 1 atom stereocenters. The molecule has 0 aliphatic carbocycles. The molecule has 1 amide bonds. The molecule has 0 radical (unpaired) electrons. The zero-order valence-electron chi connectivity index (χ0n) is 22.3. The first-order valence-corrected chi connectivity index (χ1v) is 14.7. The lowest BCUT2D eigenvalue weighted by Crippen LogP contribution is -2.40. The van der Waals surface area contributed by atoms with Crippen molar-refractivity contribution >= 4 is 46.1 Å². The fourth-order valence-corrected chi connectivity index (χ4v) is 6.46. The normalized spacial score (nSPS) is 19.4. The number of unbranched alkanes of at least 4 members (excludes halogenated alkanes) is 5. The van der Waals surface area contributed by atoms with Gasteiger partial charge in [-0.3, -0.25) is 19.1 Å². The monoisotopic (exact) mass is 528 g/mol. The maximum atomic E-state index is 13.4. The maximum Gasteiger partial charge on any atom is 0.270 e. The van der Waals surface area contributed by atoms with Gasteiger partial charge in [-0.25, -0.2) is 0 Å². The van der Waals surface area contributed by atoms with Crippen molar-refractivity contribution in [1.82, 2.24) is 9.47 Å². The van der Waals surface area contributed by atoms with Gasteiger partial charge in [-0.2, -0.15) is 5.26 Å². The Labute approximate surface area is 225 Å². The second-order valence-electron chi connectivity index (χ2n) is 10.1.